The van der Waals surface area contributed by atoms with E-state index in [1.807, 2.05) is 0 Å². The number of rotatable bonds is 5. The largest absolute Gasteiger partial charge is 0.330 e. The molecule has 0 spiro atoms. The Bertz CT molecular complexity index is 121. The first-order valence-corrected chi connectivity index (χ1v) is 5.27. The van der Waals surface area contributed by atoms with Gasteiger partial charge in [0.1, 0.15) is 0 Å². The average molecular weight is 170 g/mol. The topological polar surface area (TPSA) is 29.3 Å². The number of nitrogens with two attached hydrogens (primary N) is 1. The van der Waals surface area contributed by atoms with Crippen LogP contribution in [0, 0.1) is 5.92 Å². The normalized spacial score (nSPS) is 29.0. The maximum atomic E-state index is 5.69. The molecule has 1 aliphatic carbocycles. The molecular formula is C10H22N2. The quantitative estimate of drug-likeness (QED) is 0.677. The summed E-state index contributed by atoms with van der Waals surface area (Å²) in [5, 5.41) is 0. The van der Waals surface area contributed by atoms with Gasteiger partial charge in [-0.15, -0.1) is 0 Å². The lowest BCUT2D eigenvalue weighted by Crippen LogP contribution is -2.49. The van der Waals surface area contributed by atoms with Gasteiger partial charge in [0.05, 0.1) is 0 Å². The number of nitrogens with zero attached hydrogens (tertiary/aromatic N) is 1. The Morgan fingerprint density at radius 1 is 1.33 bits per heavy atom. The van der Waals surface area contributed by atoms with E-state index in [-0.39, 0.29) is 0 Å². The number of hydrogen-bond donors (Lipinski definition) is 1. The summed E-state index contributed by atoms with van der Waals surface area (Å²) in [5.41, 5.74) is 5.69. The molecule has 0 amide bonds. The van der Waals surface area contributed by atoms with Gasteiger partial charge in [-0.25, -0.2) is 0 Å². The van der Waals surface area contributed by atoms with Crippen LogP contribution in [-0.4, -0.2) is 30.6 Å². The molecule has 2 unspecified atom stereocenters. The SMILES string of the molecule is CCCN(CC)C1CCC1CN. The summed E-state index contributed by atoms with van der Waals surface area (Å²) < 4.78 is 0. The van der Waals surface area contributed by atoms with E-state index in [1.165, 1.54) is 32.4 Å². The van der Waals surface area contributed by atoms with Gasteiger partial charge in [0, 0.05) is 6.04 Å². The van der Waals surface area contributed by atoms with Crippen molar-refractivity contribution in [1.29, 1.82) is 0 Å². The van der Waals surface area contributed by atoms with Crippen molar-refractivity contribution in [2.24, 2.45) is 11.7 Å². The van der Waals surface area contributed by atoms with Crippen LogP contribution in [0.4, 0.5) is 0 Å². The van der Waals surface area contributed by atoms with E-state index in [0.717, 1.165) is 18.5 Å². The van der Waals surface area contributed by atoms with Crippen LogP contribution in [0.3, 0.4) is 0 Å². The zero-order chi connectivity index (χ0) is 8.97. The second-order valence-corrected chi connectivity index (χ2v) is 3.77. The molecule has 0 bridgehead atoms. The van der Waals surface area contributed by atoms with Gasteiger partial charge in [0.2, 0.25) is 0 Å². The first-order valence-electron chi connectivity index (χ1n) is 5.27. The molecule has 1 fully saturated rings. The van der Waals surface area contributed by atoms with E-state index >= 15 is 0 Å². The average Bonchev–Trinajstić information content (AvgIpc) is 2.02. The summed E-state index contributed by atoms with van der Waals surface area (Å²) in [6.45, 7) is 7.82. The summed E-state index contributed by atoms with van der Waals surface area (Å²) in [6, 6.07) is 0.806. The first-order chi connectivity index (χ1) is 5.83. The fourth-order valence-corrected chi connectivity index (χ4v) is 2.15. The van der Waals surface area contributed by atoms with Gasteiger partial charge in [-0.05, 0) is 44.8 Å². The highest BCUT2D eigenvalue weighted by Gasteiger charge is 2.32. The van der Waals surface area contributed by atoms with E-state index in [9.17, 15) is 0 Å². The molecule has 1 aliphatic rings. The van der Waals surface area contributed by atoms with Gasteiger partial charge < -0.3 is 10.6 Å². The predicted octanol–water partition coefficient (Wildman–Crippen LogP) is 1.46. The zero-order valence-corrected chi connectivity index (χ0v) is 8.42. The van der Waals surface area contributed by atoms with E-state index < -0.39 is 0 Å². The molecular weight excluding hydrogens is 148 g/mol. The van der Waals surface area contributed by atoms with Gasteiger partial charge in [-0.2, -0.15) is 0 Å². The lowest BCUT2D eigenvalue weighted by molar-refractivity contribution is 0.0712. The van der Waals surface area contributed by atoms with Gasteiger partial charge in [-0.1, -0.05) is 13.8 Å². The minimum absolute atomic E-state index is 0.788. The highest BCUT2D eigenvalue weighted by Crippen LogP contribution is 2.31. The van der Waals surface area contributed by atoms with E-state index in [2.05, 4.69) is 18.7 Å². The van der Waals surface area contributed by atoms with Gasteiger partial charge in [-0.3, -0.25) is 0 Å². The van der Waals surface area contributed by atoms with Crippen LogP contribution >= 0.6 is 0 Å². The van der Waals surface area contributed by atoms with Crippen molar-refractivity contribution >= 4 is 0 Å². The highest BCUT2D eigenvalue weighted by atomic mass is 15.2. The smallest absolute Gasteiger partial charge is 0.0136 e. The summed E-state index contributed by atoms with van der Waals surface area (Å²) in [6.07, 6.45) is 3.98. The molecule has 2 atom stereocenters. The van der Waals surface area contributed by atoms with Crippen LogP contribution in [0.2, 0.25) is 0 Å². The third kappa shape index (κ3) is 1.99. The van der Waals surface area contributed by atoms with Crippen molar-refractivity contribution in [3.8, 4) is 0 Å². The van der Waals surface area contributed by atoms with Gasteiger partial charge in [0.25, 0.3) is 0 Å². The Balaban J connectivity index is 2.32. The minimum atomic E-state index is 0.788. The Hall–Kier alpha value is -0.0800. The lowest BCUT2D eigenvalue weighted by Gasteiger charge is -2.43. The highest BCUT2D eigenvalue weighted by molar-refractivity contribution is 4.88. The van der Waals surface area contributed by atoms with E-state index in [0.29, 0.717) is 0 Å². The van der Waals surface area contributed by atoms with Crippen LogP contribution in [0.1, 0.15) is 33.1 Å². The molecule has 0 aromatic carbocycles. The third-order valence-electron chi connectivity index (χ3n) is 3.07. The Labute approximate surface area is 76.1 Å². The zero-order valence-electron chi connectivity index (χ0n) is 8.42. The molecule has 0 aromatic heterocycles. The van der Waals surface area contributed by atoms with Crippen LogP contribution in [-0.2, 0) is 0 Å². The van der Waals surface area contributed by atoms with Crippen molar-refractivity contribution in [1.82, 2.24) is 4.90 Å². The minimum Gasteiger partial charge on any atom is -0.330 e. The Kier molecular flexibility index (Phi) is 4.02. The van der Waals surface area contributed by atoms with Gasteiger partial charge >= 0.3 is 0 Å². The maximum Gasteiger partial charge on any atom is 0.0136 e. The van der Waals surface area contributed by atoms with E-state index in [1.54, 1.807) is 0 Å². The molecule has 0 aromatic rings. The standard InChI is InChI=1S/C10H22N2/c1-3-7-12(4-2)10-6-5-9(10)8-11/h9-10H,3-8,11H2,1-2H3. The molecule has 0 radical (unpaired) electrons. The van der Waals surface area contributed by atoms with Crippen molar-refractivity contribution in [2.75, 3.05) is 19.6 Å². The molecule has 2 heteroatoms. The van der Waals surface area contributed by atoms with Crippen molar-refractivity contribution in [3.63, 3.8) is 0 Å². The molecule has 0 heterocycles. The molecule has 0 saturated heterocycles. The Morgan fingerprint density at radius 2 is 2.08 bits per heavy atom. The monoisotopic (exact) mass is 170 g/mol. The van der Waals surface area contributed by atoms with Crippen LogP contribution < -0.4 is 5.73 Å². The molecule has 1 rings (SSSR count). The van der Waals surface area contributed by atoms with Crippen LogP contribution in [0.5, 0.6) is 0 Å². The molecule has 1 saturated carbocycles. The summed E-state index contributed by atoms with van der Waals surface area (Å²) in [4.78, 5) is 2.58. The molecule has 72 valence electrons. The summed E-state index contributed by atoms with van der Waals surface area (Å²) >= 11 is 0. The molecule has 2 nitrogen and oxygen atoms in total. The van der Waals surface area contributed by atoms with Crippen molar-refractivity contribution in [3.05, 3.63) is 0 Å². The maximum absolute atomic E-state index is 5.69. The summed E-state index contributed by atoms with van der Waals surface area (Å²) in [5.74, 6) is 0.788. The summed E-state index contributed by atoms with van der Waals surface area (Å²) in [7, 11) is 0. The van der Waals surface area contributed by atoms with Crippen molar-refractivity contribution in [2.45, 2.75) is 39.2 Å². The van der Waals surface area contributed by atoms with E-state index in [4.69, 9.17) is 5.73 Å². The third-order valence-corrected chi connectivity index (χ3v) is 3.07. The van der Waals surface area contributed by atoms with Crippen molar-refractivity contribution < 1.29 is 0 Å². The first kappa shape index (κ1) is 10.0. The fourth-order valence-electron chi connectivity index (χ4n) is 2.15. The fraction of sp³-hybridized carbons (Fsp3) is 1.00. The molecule has 12 heavy (non-hydrogen) atoms. The lowest BCUT2D eigenvalue weighted by atomic mass is 9.78. The van der Waals surface area contributed by atoms with Crippen LogP contribution in [0.25, 0.3) is 0 Å². The van der Waals surface area contributed by atoms with Crippen LogP contribution in [0.15, 0.2) is 0 Å². The predicted molar refractivity (Wildman–Crippen MR) is 53.1 cm³/mol. The molecule has 0 aliphatic heterocycles. The van der Waals surface area contributed by atoms with Gasteiger partial charge in [0.15, 0.2) is 0 Å². The second-order valence-electron chi connectivity index (χ2n) is 3.77. The Morgan fingerprint density at radius 3 is 2.42 bits per heavy atom. The number of hydrogen-bond acceptors (Lipinski definition) is 2. The second kappa shape index (κ2) is 4.83. The molecule has 2 N–H and O–H groups in total.